The molecule has 2 aromatic carbocycles. The quantitative estimate of drug-likeness (QED) is 0.326. The second-order valence-corrected chi connectivity index (χ2v) is 11.3. The first kappa shape index (κ1) is 28.2. The average Bonchev–Trinajstić information content (AvgIpc) is 3.20. The lowest BCUT2D eigenvalue weighted by Crippen LogP contribution is -2.41. The number of nitro groups is 1. The Kier molecular flexibility index (Phi) is 8.04. The molecule has 0 spiro atoms. The van der Waals surface area contributed by atoms with Crippen LogP contribution in [0.3, 0.4) is 0 Å². The van der Waals surface area contributed by atoms with Crippen molar-refractivity contribution in [2.45, 2.75) is 45.6 Å². The highest BCUT2D eigenvalue weighted by Crippen LogP contribution is 2.36. The number of non-ortho nitro benzene ring substituents is 1. The van der Waals surface area contributed by atoms with Gasteiger partial charge in [-0.15, -0.1) is 0 Å². The Morgan fingerprint density at radius 3 is 2.46 bits per heavy atom. The van der Waals surface area contributed by atoms with Gasteiger partial charge in [0.05, 0.1) is 23.8 Å². The van der Waals surface area contributed by atoms with Crippen LogP contribution in [0.25, 0.3) is 5.69 Å². The number of aryl methyl sites for hydroxylation is 2. The number of amides is 1. The fourth-order valence-corrected chi connectivity index (χ4v) is 5.61. The summed E-state index contributed by atoms with van der Waals surface area (Å²) >= 11 is 0. The Hall–Kier alpha value is -3.81. The van der Waals surface area contributed by atoms with Gasteiger partial charge in [0.25, 0.3) is 11.6 Å². The van der Waals surface area contributed by atoms with E-state index in [4.69, 9.17) is 9.47 Å². The largest absolute Gasteiger partial charge is 0.437 e. The average molecular weight is 558 g/mol. The number of sulfonamides is 1. The van der Waals surface area contributed by atoms with Crippen molar-refractivity contribution in [3.8, 4) is 17.3 Å². The van der Waals surface area contributed by atoms with Gasteiger partial charge in [-0.05, 0) is 57.9 Å². The first-order chi connectivity index (χ1) is 18.4. The zero-order valence-electron chi connectivity index (χ0n) is 22.4. The highest BCUT2D eigenvalue weighted by molar-refractivity contribution is 7.89. The molecule has 13 heteroatoms. The Morgan fingerprint density at radius 2 is 1.82 bits per heavy atom. The zero-order valence-corrected chi connectivity index (χ0v) is 23.2. The molecule has 39 heavy (non-hydrogen) atoms. The fourth-order valence-electron chi connectivity index (χ4n) is 4.21. The van der Waals surface area contributed by atoms with Crippen molar-refractivity contribution in [2.75, 3.05) is 26.3 Å². The molecule has 0 atom stereocenters. The Balaban J connectivity index is 1.90. The van der Waals surface area contributed by atoms with Crippen LogP contribution in [0.5, 0.6) is 11.6 Å². The highest BCUT2D eigenvalue weighted by atomic mass is 32.2. The number of morpholine rings is 1. The summed E-state index contributed by atoms with van der Waals surface area (Å²) in [5.41, 5.74) is 2.56. The van der Waals surface area contributed by atoms with Crippen molar-refractivity contribution in [3.05, 3.63) is 68.9 Å². The van der Waals surface area contributed by atoms with Crippen LogP contribution in [0.15, 0.2) is 41.3 Å². The van der Waals surface area contributed by atoms with Crippen molar-refractivity contribution in [2.24, 2.45) is 0 Å². The van der Waals surface area contributed by atoms with Crippen LogP contribution in [-0.4, -0.2) is 66.3 Å². The minimum absolute atomic E-state index is 0.121. The summed E-state index contributed by atoms with van der Waals surface area (Å²) in [4.78, 5) is 25.5. The molecule has 208 valence electrons. The van der Waals surface area contributed by atoms with Crippen molar-refractivity contribution in [1.82, 2.24) is 19.4 Å². The molecule has 1 N–H and O–H groups in total. The molecule has 0 radical (unpaired) electrons. The lowest BCUT2D eigenvalue weighted by atomic mass is 10.1. The first-order valence-electron chi connectivity index (χ1n) is 12.4. The van der Waals surface area contributed by atoms with Crippen LogP contribution in [0.2, 0.25) is 0 Å². The minimum Gasteiger partial charge on any atom is -0.437 e. The normalized spacial score (nSPS) is 14.1. The summed E-state index contributed by atoms with van der Waals surface area (Å²) < 4.78 is 41.8. The third kappa shape index (κ3) is 5.95. The SMILES string of the molecule is Cc1ccc(C)c(-n2nc(C(=O)N3CCOCC3)c(C)c2Oc2ccc([N+](=O)[O-])cc2S(=O)(=O)NC(C)C)c1. The molecule has 4 rings (SSSR count). The Labute approximate surface area is 226 Å². The minimum atomic E-state index is -4.20. The predicted octanol–water partition coefficient (Wildman–Crippen LogP) is 3.66. The van der Waals surface area contributed by atoms with E-state index < -0.39 is 31.6 Å². The molecule has 0 aliphatic carbocycles. The van der Waals surface area contributed by atoms with Crippen molar-refractivity contribution in [1.29, 1.82) is 0 Å². The third-order valence-electron chi connectivity index (χ3n) is 6.19. The van der Waals surface area contributed by atoms with Crippen LogP contribution >= 0.6 is 0 Å². The number of benzene rings is 2. The first-order valence-corrected chi connectivity index (χ1v) is 13.9. The summed E-state index contributed by atoms with van der Waals surface area (Å²) in [6.07, 6.45) is 0. The van der Waals surface area contributed by atoms with Gasteiger partial charge in [0.2, 0.25) is 15.9 Å². The van der Waals surface area contributed by atoms with Gasteiger partial charge in [0.15, 0.2) is 5.69 Å². The molecule has 1 aliphatic rings. The highest BCUT2D eigenvalue weighted by Gasteiger charge is 2.30. The van der Waals surface area contributed by atoms with Crippen LogP contribution in [0.1, 0.15) is 41.0 Å². The van der Waals surface area contributed by atoms with E-state index in [1.807, 2.05) is 32.0 Å². The van der Waals surface area contributed by atoms with E-state index in [0.29, 0.717) is 37.6 Å². The lowest BCUT2D eigenvalue weighted by Gasteiger charge is -2.26. The Morgan fingerprint density at radius 1 is 1.13 bits per heavy atom. The number of carbonyl (C=O) groups excluding carboxylic acids is 1. The van der Waals surface area contributed by atoms with Gasteiger partial charge in [0, 0.05) is 36.8 Å². The van der Waals surface area contributed by atoms with Gasteiger partial charge >= 0.3 is 0 Å². The topological polar surface area (TPSA) is 146 Å². The van der Waals surface area contributed by atoms with Gasteiger partial charge in [-0.25, -0.2) is 13.1 Å². The second-order valence-electron chi connectivity index (χ2n) is 9.65. The Bertz CT molecular complexity index is 1530. The second kappa shape index (κ2) is 11.1. The maximum absolute atomic E-state index is 13.4. The maximum Gasteiger partial charge on any atom is 0.274 e. The van der Waals surface area contributed by atoms with Crippen molar-refractivity contribution >= 4 is 21.6 Å². The smallest absolute Gasteiger partial charge is 0.274 e. The van der Waals surface area contributed by atoms with Crippen LogP contribution in [0, 0.1) is 30.9 Å². The number of rotatable bonds is 8. The summed E-state index contributed by atoms with van der Waals surface area (Å²) in [5, 5.41) is 16.1. The molecular weight excluding hydrogens is 526 g/mol. The molecule has 0 saturated carbocycles. The number of carbonyl (C=O) groups is 1. The van der Waals surface area contributed by atoms with Gasteiger partial charge in [0.1, 0.15) is 10.6 Å². The molecule has 0 bridgehead atoms. The van der Waals surface area contributed by atoms with E-state index in [0.717, 1.165) is 23.3 Å². The van der Waals surface area contributed by atoms with E-state index in [1.54, 1.807) is 25.7 Å². The molecule has 1 aliphatic heterocycles. The van der Waals surface area contributed by atoms with Crippen LogP contribution < -0.4 is 9.46 Å². The lowest BCUT2D eigenvalue weighted by molar-refractivity contribution is -0.385. The van der Waals surface area contributed by atoms with Gasteiger partial charge in [-0.1, -0.05) is 12.1 Å². The van der Waals surface area contributed by atoms with Gasteiger partial charge in [-0.2, -0.15) is 9.78 Å². The molecular formula is C26H31N5O7S. The standard InChI is InChI=1S/C26H31N5O7S/c1-16(2)28-39(35,36)23-15-20(31(33)34)8-9-22(23)38-26-19(5)24(25(32)29-10-12-37-13-11-29)27-30(26)21-14-17(3)6-7-18(21)4/h6-9,14-16,28H,10-13H2,1-5H3. The van der Waals surface area contributed by atoms with Crippen LogP contribution in [-0.2, 0) is 14.8 Å². The van der Waals surface area contributed by atoms with Gasteiger partial charge < -0.3 is 14.4 Å². The number of hydrogen-bond donors (Lipinski definition) is 1. The fraction of sp³-hybridized carbons (Fsp3) is 0.385. The monoisotopic (exact) mass is 557 g/mol. The summed E-state index contributed by atoms with van der Waals surface area (Å²) in [6.45, 7) is 10.4. The van der Waals surface area contributed by atoms with E-state index in [1.165, 1.54) is 10.7 Å². The molecule has 1 saturated heterocycles. The number of nitrogens with zero attached hydrogens (tertiary/aromatic N) is 4. The number of nitrogens with one attached hydrogen (secondary N) is 1. The zero-order chi connectivity index (χ0) is 28.5. The van der Waals surface area contributed by atoms with E-state index in [9.17, 15) is 23.3 Å². The van der Waals surface area contributed by atoms with E-state index in [-0.39, 0.29) is 23.2 Å². The van der Waals surface area contributed by atoms with Crippen molar-refractivity contribution in [3.63, 3.8) is 0 Å². The summed E-state index contributed by atoms with van der Waals surface area (Å²) in [6, 6.07) is 8.60. The molecule has 1 aromatic heterocycles. The molecule has 0 unspecified atom stereocenters. The summed E-state index contributed by atoms with van der Waals surface area (Å²) in [7, 11) is -4.20. The number of nitro benzene ring substituents is 1. The van der Waals surface area contributed by atoms with E-state index >= 15 is 0 Å². The number of ether oxygens (including phenoxy) is 2. The predicted molar refractivity (Wildman–Crippen MR) is 143 cm³/mol. The number of hydrogen-bond acceptors (Lipinski definition) is 8. The third-order valence-corrected chi connectivity index (χ3v) is 7.87. The maximum atomic E-state index is 13.4. The molecule has 1 fully saturated rings. The molecule has 3 aromatic rings. The summed E-state index contributed by atoms with van der Waals surface area (Å²) in [5.74, 6) is -0.327. The van der Waals surface area contributed by atoms with Crippen LogP contribution in [0.4, 0.5) is 5.69 Å². The molecule has 2 heterocycles. The molecule has 12 nitrogen and oxygen atoms in total. The van der Waals surface area contributed by atoms with Gasteiger partial charge in [-0.3, -0.25) is 14.9 Å². The van der Waals surface area contributed by atoms with E-state index in [2.05, 4.69) is 9.82 Å². The van der Waals surface area contributed by atoms with Crippen molar-refractivity contribution < 1.29 is 27.6 Å². The number of aromatic nitrogens is 2. The molecule has 1 amide bonds.